The van der Waals surface area contributed by atoms with E-state index in [1.165, 1.54) is 45.4 Å². The maximum atomic E-state index is 5.35. The van der Waals surface area contributed by atoms with Crippen LogP contribution in [0.2, 0.25) is 0 Å². The molecule has 0 aliphatic carbocycles. The van der Waals surface area contributed by atoms with Crippen LogP contribution in [0.5, 0.6) is 0 Å². The zero-order valence-electron chi connectivity index (χ0n) is 11.0. The van der Waals surface area contributed by atoms with Gasteiger partial charge >= 0.3 is 0 Å². The van der Waals surface area contributed by atoms with Crippen molar-refractivity contribution in [2.45, 2.75) is 33.1 Å². The Morgan fingerprint density at radius 3 is 2.50 bits per heavy atom. The highest BCUT2D eigenvalue weighted by molar-refractivity contribution is 4.66. The van der Waals surface area contributed by atoms with Crippen LogP contribution in [0.1, 0.15) is 33.1 Å². The molecule has 1 rings (SSSR count). The first-order valence-corrected chi connectivity index (χ1v) is 6.87. The summed E-state index contributed by atoms with van der Waals surface area (Å²) in [5.74, 6) is 0.849. The van der Waals surface area contributed by atoms with Gasteiger partial charge in [0.15, 0.2) is 0 Å². The van der Waals surface area contributed by atoms with E-state index in [9.17, 15) is 0 Å². The number of ether oxygens (including phenoxy) is 1. The van der Waals surface area contributed by atoms with Crippen molar-refractivity contribution in [2.24, 2.45) is 5.92 Å². The van der Waals surface area contributed by atoms with Gasteiger partial charge in [-0.2, -0.15) is 0 Å². The van der Waals surface area contributed by atoms with Crippen LogP contribution in [0.25, 0.3) is 0 Å². The van der Waals surface area contributed by atoms with E-state index in [0.29, 0.717) is 0 Å². The number of nitrogens with one attached hydrogen (secondary N) is 1. The molecule has 0 aromatic carbocycles. The molecule has 1 fully saturated rings. The zero-order chi connectivity index (χ0) is 11.6. The van der Waals surface area contributed by atoms with Crippen LogP contribution in [-0.4, -0.2) is 50.8 Å². The molecule has 1 saturated heterocycles. The molecule has 3 nitrogen and oxygen atoms in total. The van der Waals surface area contributed by atoms with Gasteiger partial charge in [-0.05, 0) is 57.9 Å². The molecule has 0 bridgehead atoms. The molecule has 0 aromatic heterocycles. The highest BCUT2D eigenvalue weighted by Crippen LogP contribution is 2.12. The van der Waals surface area contributed by atoms with Gasteiger partial charge in [-0.3, -0.25) is 0 Å². The molecule has 0 atom stereocenters. The highest BCUT2D eigenvalue weighted by Gasteiger charge is 2.12. The van der Waals surface area contributed by atoms with E-state index < -0.39 is 0 Å². The lowest BCUT2D eigenvalue weighted by atomic mass is 10.0. The third kappa shape index (κ3) is 5.83. The van der Waals surface area contributed by atoms with Gasteiger partial charge in [0.1, 0.15) is 0 Å². The van der Waals surface area contributed by atoms with E-state index in [2.05, 4.69) is 24.1 Å². The summed E-state index contributed by atoms with van der Waals surface area (Å²) < 4.78 is 5.35. The Bertz CT molecular complexity index is 154. The fourth-order valence-electron chi connectivity index (χ4n) is 2.22. The minimum absolute atomic E-state index is 0.849. The SMILES string of the molecule is CCN(CC)CCCNCC1CCOCC1. The summed E-state index contributed by atoms with van der Waals surface area (Å²) in [6.45, 7) is 12.3. The van der Waals surface area contributed by atoms with Gasteiger partial charge in [0, 0.05) is 13.2 Å². The molecule has 0 aromatic rings. The summed E-state index contributed by atoms with van der Waals surface area (Å²) in [4.78, 5) is 2.48. The second-order valence-corrected chi connectivity index (χ2v) is 4.64. The smallest absolute Gasteiger partial charge is 0.0469 e. The first-order chi connectivity index (χ1) is 7.86. The lowest BCUT2D eigenvalue weighted by Crippen LogP contribution is -2.31. The molecule has 0 amide bonds. The fraction of sp³-hybridized carbons (Fsp3) is 1.00. The van der Waals surface area contributed by atoms with Crippen LogP contribution < -0.4 is 5.32 Å². The molecule has 1 N–H and O–H groups in total. The first kappa shape index (κ1) is 13.9. The van der Waals surface area contributed by atoms with E-state index in [0.717, 1.165) is 25.7 Å². The molecule has 0 unspecified atom stereocenters. The number of nitrogens with zero attached hydrogens (tertiary/aromatic N) is 1. The molecule has 0 saturated carbocycles. The molecule has 0 radical (unpaired) electrons. The Morgan fingerprint density at radius 1 is 1.19 bits per heavy atom. The lowest BCUT2D eigenvalue weighted by Gasteiger charge is -2.22. The Hall–Kier alpha value is -0.120. The van der Waals surface area contributed by atoms with Crippen molar-refractivity contribution in [1.29, 1.82) is 0 Å². The van der Waals surface area contributed by atoms with Gasteiger partial charge < -0.3 is 15.0 Å². The Morgan fingerprint density at radius 2 is 1.88 bits per heavy atom. The third-order valence-electron chi connectivity index (χ3n) is 3.50. The van der Waals surface area contributed by atoms with E-state index in [1.807, 2.05) is 0 Å². The van der Waals surface area contributed by atoms with Crippen LogP contribution in [0.4, 0.5) is 0 Å². The largest absolute Gasteiger partial charge is 0.381 e. The van der Waals surface area contributed by atoms with Gasteiger partial charge in [0.2, 0.25) is 0 Å². The average Bonchev–Trinajstić information content (AvgIpc) is 2.35. The van der Waals surface area contributed by atoms with Crippen LogP contribution in [0, 0.1) is 5.92 Å². The van der Waals surface area contributed by atoms with Crippen molar-refractivity contribution >= 4 is 0 Å². The predicted molar refractivity (Wildman–Crippen MR) is 68.8 cm³/mol. The number of hydrogen-bond acceptors (Lipinski definition) is 3. The fourth-order valence-corrected chi connectivity index (χ4v) is 2.22. The van der Waals surface area contributed by atoms with Crippen molar-refractivity contribution in [3.63, 3.8) is 0 Å². The molecule has 16 heavy (non-hydrogen) atoms. The Balaban J connectivity index is 1.90. The standard InChI is InChI=1S/C13H28N2O/c1-3-15(4-2)9-5-8-14-12-13-6-10-16-11-7-13/h13-14H,3-12H2,1-2H3. The quantitative estimate of drug-likeness (QED) is 0.640. The average molecular weight is 228 g/mol. The molecule has 0 spiro atoms. The van der Waals surface area contributed by atoms with Gasteiger partial charge in [-0.1, -0.05) is 13.8 Å². The summed E-state index contributed by atoms with van der Waals surface area (Å²) in [5, 5.41) is 3.58. The van der Waals surface area contributed by atoms with E-state index in [-0.39, 0.29) is 0 Å². The van der Waals surface area contributed by atoms with Gasteiger partial charge in [-0.15, -0.1) is 0 Å². The van der Waals surface area contributed by atoms with Crippen molar-refractivity contribution in [3.05, 3.63) is 0 Å². The second kappa shape index (κ2) is 8.97. The van der Waals surface area contributed by atoms with E-state index in [1.54, 1.807) is 0 Å². The lowest BCUT2D eigenvalue weighted by molar-refractivity contribution is 0.0663. The monoisotopic (exact) mass is 228 g/mol. The molecular formula is C13H28N2O. The van der Waals surface area contributed by atoms with Gasteiger partial charge in [0.05, 0.1) is 0 Å². The van der Waals surface area contributed by atoms with Crippen molar-refractivity contribution in [2.75, 3.05) is 45.9 Å². The Labute approximate surface area is 101 Å². The van der Waals surface area contributed by atoms with Crippen LogP contribution >= 0.6 is 0 Å². The van der Waals surface area contributed by atoms with Crippen molar-refractivity contribution in [3.8, 4) is 0 Å². The third-order valence-corrected chi connectivity index (χ3v) is 3.50. The van der Waals surface area contributed by atoms with Gasteiger partial charge in [-0.25, -0.2) is 0 Å². The van der Waals surface area contributed by atoms with Crippen LogP contribution in [0.15, 0.2) is 0 Å². The maximum absolute atomic E-state index is 5.35. The summed E-state index contributed by atoms with van der Waals surface area (Å²) in [5.41, 5.74) is 0. The Kier molecular flexibility index (Phi) is 7.81. The van der Waals surface area contributed by atoms with E-state index >= 15 is 0 Å². The molecule has 3 heteroatoms. The van der Waals surface area contributed by atoms with Gasteiger partial charge in [0.25, 0.3) is 0 Å². The summed E-state index contributed by atoms with van der Waals surface area (Å²) in [6.07, 6.45) is 3.75. The number of rotatable bonds is 8. The second-order valence-electron chi connectivity index (χ2n) is 4.64. The summed E-state index contributed by atoms with van der Waals surface area (Å²) >= 11 is 0. The zero-order valence-corrected chi connectivity index (χ0v) is 11.0. The minimum atomic E-state index is 0.849. The molecule has 1 aliphatic heterocycles. The summed E-state index contributed by atoms with van der Waals surface area (Å²) in [6, 6.07) is 0. The minimum Gasteiger partial charge on any atom is -0.381 e. The highest BCUT2D eigenvalue weighted by atomic mass is 16.5. The van der Waals surface area contributed by atoms with E-state index in [4.69, 9.17) is 4.74 Å². The molecule has 96 valence electrons. The summed E-state index contributed by atoms with van der Waals surface area (Å²) in [7, 11) is 0. The number of hydrogen-bond donors (Lipinski definition) is 1. The predicted octanol–water partition coefficient (Wildman–Crippen LogP) is 1.73. The molecule has 1 aliphatic rings. The topological polar surface area (TPSA) is 24.5 Å². The van der Waals surface area contributed by atoms with Crippen LogP contribution in [-0.2, 0) is 4.74 Å². The first-order valence-electron chi connectivity index (χ1n) is 6.87. The van der Waals surface area contributed by atoms with Crippen LogP contribution in [0.3, 0.4) is 0 Å². The molecule has 1 heterocycles. The normalized spacial score (nSPS) is 18.2. The molecular weight excluding hydrogens is 200 g/mol. The van der Waals surface area contributed by atoms with Crippen molar-refractivity contribution in [1.82, 2.24) is 10.2 Å². The maximum Gasteiger partial charge on any atom is 0.0469 e. The van der Waals surface area contributed by atoms with Crippen molar-refractivity contribution < 1.29 is 4.74 Å².